The van der Waals surface area contributed by atoms with Gasteiger partial charge in [0.2, 0.25) is 0 Å². The Balaban J connectivity index is 2.76. The summed E-state index contributed by atoms with van der Waals surface area (Å²) in [4.78, 5) is 0. The molecule has 0 saturated heterocycles. The van der Waals surface area contributed by atoms with Crippen LogP contribution in [0.25, 0.3) is 0 Å². The fourth-order valence-electron chi connectivity index (χ4n) is 1.58. The molecule has 2 nitrogen and oxygen atoms in total. The van der Waals surface area contributed by atoms with Crippen molar-refractivity contribution in [2.75, 3.05) is 6.54 Å². The summed E-state index contributed by atoms with van der Waals surface area (Å²) in [6.07, 6.45) is 0.0995. The molecule has 16 heavy (non-hydrogen) atoms. The molecule has 0 aliphatic carbocycles. The summed E-state index contributed by atoms with van der Waals surface area (Å²) < 4.78 is 5.89. The third kappa shape index (κ3) is 3.53. The van der Waals surface area contributed by atoms with Crippen LogP contribution in [0.5, 0.6) is 5.75 Å². The van der Waals surface area contributed by atoms with Crippen LogP contribution >= 0.6 is 0 Å². The third-order valence-corrected chi connectivity index (χ3v) is 2.79. The first-order valence-corrected chi connectivity index (χ1v) is 6.01. The number of benzene rings is 1. The molecule has 0 aromatic heterocycles. The van der Waals surface area contributed by atoms with Gasteiger partial charge in [0.05, 0.1) is 0 Å². The van der Waals surface area contributed by atoms with Crippen LogP contribution in [0.2, 0.25) is 0 Å². The quantitative estimate of drug-likeness (QED) is 0.829. The summed E-state index contributed by atoms with van der Waals surface area (Å²) in [6.45, 7) is 9.18. The predicted octanol–water partition coefficient (Wildman–Crippen LogP) is 3.17. The lowest BCUT2D eigenvalue weighted by Gasteiger charge is -2.21. The fourth-order valence-corrected chi connectivity index (χ4v) is 1.58. The van der Waals surface area contributed by atoms with Crippen LogP contribution in [0.3, 0.4) is 0 Å². The number of nitrogens with two attached hydrogens (primary N) is 1. The Kier molecular flexibility index (Phi) is 4.81. The first-order chi connectivity index (χ1) is 7.54. The Labute approximate surface area is 98.8 Å². The summed E-state index contributed by atoms with van der Waals surface area (Å²) >= 11 is 0. The zero-order chi connectivity index (χ0) is 12.1. The Morgan fingerprint density at radius 3 is 2.38 bits per heavy atom. The molecule has 1 unspecified atom stereocenters. The molecular formula is C14H23NO. The van der Waals surface area contributed by atoms with Gasteiger partial charge in [-0.3, -0.25) is 0 Å². The van der Waals surface area contributed by atoms with E-state index in [9.17, 15) is 0 Å². The molecule has 2 heteroatoms. The van der Waals surface area contributed by atoms with E-state index in [-0.39, 0.29) is 6.10 Å². The van der Waals surface area contributed by atoms with Crippen molar-refractivity contribution in [2.24, 2.45) is 11.7 Å². The predicted molar refractivity (Wildman–Crippen MR) is 68.8 cm³/mol. The smallest absolute Gasteiger partial charge is 0.120 e. The van der Waals surface area contributed by atoms with E-state index in [1.807, 2.05) is 12.1 Å². The van der Waals surface area contributed by atoms with Crippen LogP contribution in [-0.4, -0.2) is 12.6 Å². The van der Waals surface area contributed by atoms with Gasteiger partial charge in [0.25, 0.3) is 0 Å². The average Bonchev–Trinajstić information content (AvgIpc) is 2.25. The summed E-state index contributed by atoms with van der Waals surface area (Å²) in [5.74, 6) is 1.89. The molecule has 0 amide bonds. The van der Waals surface area contributed by atoms with Gasteiger partial charge in [0.1, 0.15) is 11.9 Å². The highest BCUT2D eigenvalue weighted by atomic mass is 16.5. The topological polar surface area (TPSA) is 35.2 Å². The Morgan fingerprint density at radius 2 is 1.88 bits per heavy atom. The summed E-state index contributed by atoms with van der Waals surface area (Å²) in [7, 11) is 0. The van der Waals surface area contributed by atoms with E-state index in [2.05, 4.69) is 39.8 Å². The van der Waals surface area contributed by atoms with Gasteiger partial charge in [-0.1, -0.05) is 39.8 Å². The Bertz CT molecular complexity index is 320. The minimum Gasteiger partial charge on any atom is -0.489 e. The molecule has 0 heterocycles. The lowest BCUT2D eigenvalue weighted by molar-refractivity contribution is 0.159. The highest BCUT2D eigenvalue weighted by Gasteiger charge is 2.13. The Morgan fingerprint density at radius 1 is 1.19 bits per heavy atom. The van der Waals surface area contributed by atoms with Gasteiger partial charge >= 0.3 is 0 Å². The molecule has 1 rings (SSSR count). The van der Waals surface area contributed by atoms with Crippen molar-refractivity contribution in [1.82, 2.24) is 0 Å². The van der Waals surface area contributed by atoms with Gasteiger partial charge in [-0.15, -0.1) is 0 Å². The van der Waals surface area contributed by atoms with Gasteiger partial charge in [-0.05, 0) is 29.5 Å². The molecule has 0 spiro atoms. The summed E-state index contributed by atoms with van der Waals surface area (Å²) in [6, 6.07) is 8.27. The normalized spacial score (nSPS) is 13.2. The van der Waals surface area contributed by atoms with Crippen LogP contribution in [-0.2, 0) is 0 Å². The molecule has 0 aliphatic rings. The van der Waals surface area contributed by atoms with E-state index in [0.29, 0.717) is 18.4 Å². The maximum Gasteiger partial charge on any atom is 0.120 e. The third-order valence-electron chi connectivity index (χ3n) is 2.79. The van der Waals surface area contributed by atoms with Crippen molar-refractivity contribution < 1.29 is 4.74 Å². The zero-order valence-corrected chi connectivity index (χ0v) is 10.7. The van der Waals surface area contributed by atoms with Gasteiger partial charge < -0.3 is 10.5 Å². The van der Waals surface area contributed by atoms with Crippen molar-refractivity contribution in [3.8, 4) is 5.75 Å². The van der Waals surface area contributed by atoms with E-state index >= 15 is 0 Å². The highest BCUT2D eigenvalue weighted by molar-refractivity contribution is 5.30. The van der Waals surface area contributed by atoms with Gasteiger partial charge in [0, 0.05) is 6.54 Å². The van der Waals surface area contributed by atoms with Gasteiger partial charge in [0.15, 0.2) is 0 Å². The SMILES string of the molecule is CC(C)c1cccc(OC(CN)C(C)C)c1. The van der Waals surface area contributed by atoms with Crippen molar-refractivity contribution in [3.05, 3.63) is 29.8 Å². The van der Waals surface area contributed by atoms with E-state index in [1.165, 1.54) is 5.56 Å². The largest absolute Gasteiger partial charge is 0.489 e. The minimum atomic E-state index is 0.0995. The second-order valence-corrected chi connectivity index (χ2v) is 4.86. The molecule has 1 aromatic rings. The second-order valence-electron chi connectivity index (χ2n) is 4.86. The van der Waals surface area contributed by atoms with Crippen molar-refractivity contribution in [3.63, 3.8) is 0 Å². The van der Waals surface area contributed by atoms with Crippen LogP contribution in [0.4, 0.5) is 0 Å². The van der Waals surface area contributed by atoms with Crippen LogP contribution < -0.4 is 10.5 Å². The summed E-state index contributed by atoms with van der Waals surface area (Å²) in [5, 5.41) is 0. The molecule has 1 aromatic carbocycles. The van der Waals surface area contributed by atoms with Gasteiger partial charge in [-0.2, -0.15) is 0 Å². The molecule has 90 valence electrons. The number of hydrogen-bond donors (Lipinski definition) is 1. The number of hydrogen-bond acceptors (Lipinski definition) is 2. The molecule has 0 bridgehead atoms. The number of ether oxygens (including phenoxy) is 1. The maximum atomic E-state index is 5.89. The first kappa shape index (κ1) is 13.0. The van der Waals surface area contributed by atoms with Crippen LogP contribution in [0, 0.1) is 5.92 Å². The molecule has 0 saturated carbocycles. The lowest BCUT2D eigenvalue weighted by atomic mass is 10.0. The number of rotatable bonds is 5. The first-order valence-electron chi connectivity index (χ1n) is 6.01. The standard InChI is InChI=1S/C14H23NO/c1-10(2)12-6-5-7-13(8-12)16-14(9-15)11(3)4/h5-8,10-11,14H,9,15H2,1-4H3. The highest BCUT2D eigenvalue weighted by Crippen LogP contribution is 2.22. The molecule has 0 fully saturated rings. The molecule has 0 aliphatic heterocycles. The van der Waals surface area contributed by atoms with Crippen molar-refractivity contribution >= 4 is 0 Å². The molecule has 0 radical (unpaired) electrons. The molecular weight excluding hydrogens is 198 g/mol. The second kappa shape index (κ2) is 5.90. The molecule has 1 atom stereocenters. The lowest BCUT2D eigenvalue weighted by Crippen LogP contribution is -2.31. The van der Waals surface area contributed by atoms with Crippen molar-refractivity contribution in [1.29, 1.82) is 0 Å². The molecule has 2 N–H and O–H groups in total. The van der Waals surface area contributed by atoms with Gasteiger partial charge in [-0.25, -0.2) is 0 Å². The monoisotopic (exact) mass is 221 g/mol. The van der Waals surface area contributed by atoms with E-state index < -0.39 is 0 Å². The fraction of sp³-hybridized carbons (Fsp3) is 0.571. The van der Waals surface area contributed by atoms with E-state index in [4.69, 9.17) is 10.5 Å². The minimum absolute atomic E-state index is 0.0995. The Hall–Kier alpha value is -1.02. The maximum absolute atomic E-state index is 5.89. The van der Waals surface area contributed by atoms with Crippen LogP contribution in [0.1, 0.15) is 39.2 Å². The van der Waals surface area contributed by atoms with E-state index in [0.717, 1.165) is 5.75 Å². The van der Waals surface area contributed by atoms with E-state index in [1.54, 1.807) is 0 Å². The summed E-state index contributed by atoms with van der Waals surface area (Å²) in [5.41, 5.74) is 7.00. The van der Waals surface area contributed by atoms with Crippen LogP contribution in [0.15, 0.2) is 24.3 Å². The zero-order valence-electron chi connectivity index (χ0n) is 10.7. The average molecular weight is 221 g/mol. The van der Waals surface area contributed by atoms with Crippen molar-refractivity contribution in [2.45, 2.75) is 39.7 Å².